The van der Waals surface area contributed by atoms with E-state index in [9.17, 15) is 4.79 Å². The topological polar surface area (TPSA) is 91.7 Å². The summed E-state index contributed by atoms with van der Waals surface area (Å²) >= 11 is 0. The Labute approximate surface area is 183 Å². The van der Waals surface area contributed by atoms with Crippen LogP contribution in [-0.4, -0.2) is 24.0 Å². The van der Waals surface area contributed by atoms with Crippen molar-refractivity contribution < 1.29 is 52.4 Å². The van der Waals surface area contributed by atoms with Gasteiger partial charge in [0.1, 0.15) is 10.1 Å². The van der Waals surface area contributed by atoms with E-state index in [1.807, 2.05) is 0 Å². The molecule has 0 rings (SSSR count). The predicted octanol–water partition coefficient (Wildman–Crippen LogP) is 3.00. The molecule has 0 heterocycles. The van der Waals surface area contributed by atoms with Gasteiger partial charge in [-0.3, -0.25) is 4.79 Å². The van der Waals surface area contributed by atoms with Crippen molar-refractivity contribution in [2.75, 3.05) is 0 Å². The van der Waals surface area contributed by atoms with Crippen molar-refractivity contribution in [1.29, 1.82) is 0 Å². The molecule has 0 aromatic rings. The Balaban J connectivity index is -0.000000772. The van der Waals surface area contributed by atoms with Crippen LogP contribution in [0.25, 0.3) is 0 Å². The van der Waals surface area contributed by atoms with Crippen molar-refractivity contribution in [3.63, 3.8) is 0 Å². The summed E-state index contributed by atoms with van der Waals surface area (Å²) in [5, 5.41) is 8.52. The zero-order valence-electron chi connectivity index (χ0n) is 17.0. The maximum absolute atomic E-state index is 10.3. The van der Waals surface area contributed by atoms with Crippen molar-refractivity contribution in [3.05, 3.63) is 6.26 Å². The molecule has 0 aromatic heterocycles. The minimum Gasteiger partial charge on any atom is -0.481 e. The molecule has 2 N–H and O–H groups in total. The van der Waals surface area contributed by atoms with Crippen molar-refractivity contribution in [2.24, 2.45) is 0 Å². The van der Waals surface area contributed by atoms with Gasteiger partial charge in [0.25, 0.3) is 0 Å². The van der Waals surface area contributed by atoms with E-state index in [4.69, 9.17) is 18.1 Å². The normalized spacial score (nSPS) is 10.6. The average Bonchev–Trinajstić information content (AvgIpc) is 2.49. The van der Waals surface area contributed by atoms with Crippen molar-refractivity contribution >= 4 is 16.1 Å². The number of carbonyl (C=O) groups is 1. The van der Waals surface area contributed by atoms with E-state index in [-0.39, 0.29) is 29.6 Å². The minimum absolute atomic E-state index is 0. The Bertz CT molecular complexity index is 377. The van der Waals surface area contributed by atoms with E-state index < -0.39 is 16.1 Å². The van der Waals surface area contributed by atoms with Gasteiger partial charge in [-0.25, -0.2) is 8.42 Å². The van der Waals surface area contributed by atoms with Crippen molar-refractivity contribution in [3.8, 4) is 0 Å². The van der Waals surface area contributed by atoms with E-state index >= 15 is 0 Å². The summed E-state index contributed by atoms with van der Waals surface area (Å²) in [5.41, 5.74) is 0. The van der Waals surface area contributed by atoms with Crippen LogP contribution in [0.1, 0.15) is 110 Å². The van der Waals surface area contributed by atoms with Crippen LogP contribution in [0.15, 0.2) is 0 Å². The summed E-state index contributed by atoms with van der Waals surface area (Å²) in [5.74, 6) is -0.653. The van der Waals surface area contributed by atoms with Crippen LogP contribution < -0.4 is 29.6 Å². The van der Waals surface area contributed by atoms with Gasteiger partial charge in [0.15, 0.2) is 0 Å². The van der Waals surface area contributed by atoms with Gasteiger partial charge in [-0.15, -0.1) is 0 Å². The van der Waals surface area contributed by atoms with E-state index in [1.54, 1.807) is 0 Å². The molecule has 0 amide bonds. The molecule has 0 saturated heterocycles. The van der Waals surface area contributed by atoms with Gasteiger partial charge in [-0.1, -0.05) is 96.8 Å². The van der Waals surface area contributed by atoms with Crippen molar-refractivity contribution in [2.45, 2.75) is 110 Å². The summed E-state index contributed by atoms with van der Waals surface area (Å²) in [6, 6.07) is 0. The van der Waals surface area contributed by atoms with Crippen LogP contribution in [0.2, 0.25) is 0 Å². The number of rotatable bonds is 16. The third-order valence-corrected chi connectivity index (χ3v) is 3.99. The third-order valence-electron chi connectivity index (χ3n) is 3.99. The standard InChI is InChI=1S/C18H36O2.CH3O3S.Na/c1-2-3-4-5-6-7-8-9-10-11-12-13-14-15-16-17-18(19)20;1-5(2,3)4;/h2-17H2,1H3,(H,19,20);1H2,(H,2,3,4);/q;-1;+1. The number of unbranched alkanes of at least 4 members (excludes halogenated alkanes) is 14. The fourth-order valence-electron chi connectivity index (χ4n) is 2.65. The molecule has 0 radical (unpaired) electrons. The van der Waals surface area contributed by atoms with Gasteiger partial charge in [-0.05, 0) is 6.42 Å². The van der Waals surface area contributed by atoms with Crippen LogP contribution in [0, 0.1) is 6.26 Å². The molecule has 0 atom stereocenters. The summed E-state index contributed by atoms with van der Waals surface area (Å²) < 4.78 is 25.5. The maximum Gasteiger partial charge on any atom is 1.00 e. The predicted molar refractivity (Wildman–Crippen MR) is 104 cm³/mol. The number of hydrogen-bond acceptors (Lipinski definition) is 3. The molecule has 5 nitrogen and oxygen atoms in total. The SMILES string of the molecule is CCCCCCCCCCCCCCCCCC(=O)O.[CH2-]S(=O)(=O)O.[Na+]. The molecule has 0 spiro atoms. The number of carboxylic acid groups (broad SMARTS) is 1. The Hall–Kier alpha value is 0.380. The van der Waals surface area contributed by atoms with Crippen LogP contribution in [0.3, 0.4) is 0 Å². The fourth-order valence-corrected chi connectivity index (χ4v) is 2.65. The number of hydrogen-bond donors (Lipinski definition) is 2. The molecule has 0 bridgehead atoms. The molecular formula is C19H39NaO5S. The molecule has 0 unspecified atom stereocenters. The zero-order chi connectivity index (χ0) is 19.4. The van der Waals surface area contributed by atoms with Crippen LogP contribution in [0.4, 0.5) is 0 Å². The first-order chi connectivity index (χ1) is 11.8. The van der Waals surface area contributed by atoms with Crippen LogP contribution in [-0.2, 0) is 14.9 Å². The van der Waals surface area contributed by atoms with Crippen LogP contribution in [0.5, 0.6) is 0 Å². The molecule has 0 aromatic carbocycles. The van der Waals surface area contributed by atoms with Gasteiger partial charge in [0.2, 0.25) is 0 Å². The Morgan fingerprint density at radius 1 is 0.731 bits per heavy atom. The van der Waals surface area contributed by atoms with Gasteiger partial charge in [0, 0.05) is 6.42 Å². The van der Waals surface area contributed by atoms with Gasteiger partial charge in [-0.2, -0.15) is 6.26 Å². The summed E-state index contributed by atoms with van der Waals surface area (Å²) in [6.45, 7) is 2.27. The Morgan fingerprint density at radius 2 is 0.962 bits per heavy atom. The minimum atomic E-state index is -3.92. The first-order valence-electron chi connectivity index (χ1n) is 9.79. The second-order valence-corrected chi connectivity index (χ2v) is 7.84. The molecule has 152 valence electrons. The quantitative estimate of drug-likeness (QED) is 0.179. The molecule has 0 aliphatic carbocycles. The van der Waals surface area contributed by atoms with Gasteiger partial charge >= 0.3 is 35.5 Å². The van der Waals surface area contributed by atoms with E-state index in [0.717, 1.165) is 12.8 Å². The van der Waals surface area contributed by atoms with E-state index in [2.05, 4.69) is 13.2 Å². The van der Waals surface area contributed by atoms with Crippen LogP contribution >= 0.6 is 0 Å². The van der Waals surface area contributed by atoms with E-state index in [0.29, 0.717) is 6.42 Å². The molecule has 0 fully saturated rings. The number of carboxylic acids is 1. The molecule has 7 heteroatoms. The number of aliphatic carboxylic acids is 1. The smallest absolute Gasteiger partial charge is 0.481 e. The second-order valence-electron chi connectivity index (χ2n) is 6.68. The summed E-state index contributed by atoms with van der Waals surface area (Å²) in [6.07, 6.45) is 22.5. The van der Waals surface area contributed by atoms with Gasteiger partial charge < -0.3 is 9.66 Å². The van der Waals surface area contributed by atoms with Crippen molar-refractivity contribution in [1.82, 2.24) is 0 Å². The third kappa shape index (κ3) is 44.1. The zero-order valence-corrected chi connectivity index (χ0v) is 19.9. The molecule has 0 aliphatic heterocycles. The van der Waals surface area contributed by atoms with Gasteiger partial charge in [0.05, 0.1) is 0 Å². The second kappa shape index (κ2) is 23.4. The summed E-state index contributed by atoms with van der Waals surface area (Å²) in [7, 11) is -3.92. The largest absolute Gasteiger partial charge is 1.00 e. The molecular weight excluding hydrogens is 363 g/mol. The fraction of sp³-hybridized carbons (Fsp3) is 0.895. The first kappa shape index (κ1) is 31.1. The monoisotopic (exact) mass is 402 g/mol. The Kier molecular flexibility index (Phi) is 28.0. The molecule has 0 aliphatic rings. The first-order valence-corrected chi connectivity index (χ1v) is 11.4. The molecule has 26 heavy (non-hydrogen) atoms. The molecule has 0 saturated carbocycles. The Morgan fingerprint density at radius 3 is 1.19 bits per heavy atom. The average molecular weight is 403 g/mol. The maximum atomic E-state index is 10.3. The summed E-state index contributed by atoms with van der Waals surface area (Å²) in [4.78, 5) is 10.3. The van der Waals surface area contributed by atoms with E-state index in [1.165, 1.54) is 83.5 Å².